The van der Waals surface area contributed by atoms with Crippen LogP contribution in [0.4, 0.5) is 13.2 Å². The van der Waals surface area contributed by atoms with E-state index in [4.69, 9.17) is 44.0 Å². The van der Waals surface area contributed by atoms with Crippen molar-refractivity contribution in [2.45, 2.75) is 55.2 Å². The minimum absolute atomic E-state index is 0.0233. The minimum Gasteiger partial charge on any atom is -0.490 e. The zero-order chi connectivity index (χ0) is 21.9. The van der Waals surface area contributed by atoms with Crippen LogP contribution in [-0.4, -0.2) is 79.1 Å². The second-order valence-corrected chi connectivity index (χ2v) is 7.80. The van der Waals surface area contributed by atoms with Gasteiger partial charge in [0.2, 0.25) is 5.92 Å². The molecule has 0 saturated heterocycles. The first-order valence-electron chi connectivity index (χ1n) is 9.51. The molecule has 1 fully saturated rings. The van der Waals surface area contributed by atoms with Gasteiger partial charge >= 0.3 is 0 Å². The van der Waals surface area contributed by atoms with Crippen molar-refractivity contribution >= 4 is 39.2 Å². The summed E-state index contributed by atoms with van der Waals surface area (Å²) in [6, 6.07) is 4.42. The van der Waals surface area contributed by atoms with Crippen LogP contribution in [0.5, 0.6) is 5.75 Å². The number of hydrogen-bond donors (Lipinski definition) is 1. The average Bonchev–Trinajstić information content (AvgIpc) is 2.57. The lowest BCUT2D eigenvalue weighted by molar-refractivity contribution is -0.0499. The van der Waals surface area contributed by atoms with Crippen molar-refractivity contribution in [2.24, 2.45) is 5.92 Å². The summed E-state index contributed by atoms with van der Waals surface area (Å²) in [7, 11) is 27.5. The van der Waals surface area contributed by atoms with E-state index in [0.29, 0.717) is 25.7 Å². The summed E-state index contributed by atoms with van der Waals surface area (Å²) < 4.78 is 46.0. The molecule has 0 aliphatic heterocycles. The summed E-state index contributed by atoms with van der Waals surface area (Å²) in [5.74, 6) is -3.09. The molecule has 3 nitrogen and oxygen atoms in total. The highest BCUT2D eigenvalue weighted by molar-refractivity contribution is 6.59. The van der Waals surface area contributed by atoms with Gasteiger partial charge in [0.25, 0.3) is 0 Å². The molecule has 0 heterocycles. The Bertz CT molecular complexity index is 658. The van der Waals surface area contributed by atoms with Crippen LogP contribution >= 0.6 is 0 Å². The Morgan fingerprint density at radius 3 is 2.31 bits per heavy atom. The number of ether oxygens (including phenoxy) is 1. The van der Waals surface area contributed by atoms with Gasteiger partial charge in [0.1, 0.15) is 15.7 Å². The maximum atomic E-state index is 14.0. The molecule has 29 heavy (non-hydrogen) atoms. The third kappa shape index (κ3) is 7.67. The standard InChI is InChI=1S/C18H21B5F3NO2/c19-17(20,21)27(18(22,23)28)9-1-2-12-3-4-14(24)15(10-12)29-11-13-5-7-16(25,26)8-6-13/h3-4,10,13,28H,1-2,5-9,11H2. The Morgan fingerprint density at radius 2 is 1.76 bits per heavy atom. The number of aryl methyl sites for hydroxylation is 1. The van der Waals surface area contributed by atoms with Gasteiger partial charge in [-0.05, 0) is 55.8 Å². The summed E-state index contributed by atoms with van der Waals surface area (Å²) >= 11 is 0. The first kappa shape index (κ1) is 24.3. The van der Waals surface area contributed by atoms with Crippen molar-refractivity contribution in [1.82, 2.24) is 4.90 Å². The number of hydrogen-bond acceptors (Lipinski definition) is 3. The summed E-state index contributed by atoms with van der Waals surface area (Å²) in [6.45, 7) is 0.268. The van der Waals surface area contributed by atoms with Gasteiger partial charge in [-0.25, -0.2) is 13.2 Å². The lowest BCUT2D eigenvalue weighted by atomic mass is 9.46. The number of nitrogens with zero attached hydrogens (tertiary/aromatic N) is 1. The van der Waals surface area contributed by atoms with Crippen LogP contribution in [0.15, 0.2) is 18.2 Å². The second-order valence-electron chi connectivity index (χ2n) is 7.80. The van der Waals surface area contributed by atoms with Crippen LogP contribution in [0.25, 0.3) is 0 Å². The van der Waals surface area contributed by atoms with Gasteiger partial charge in [0, 0.05) is 18.4 Å². The molecule has 0 aromatic heterocycles. The van der Waals surface area contributed by atoms with E-state index in [1.807, 2.05) is 0 Å². The Kier molecular flexibility index (Phi) is 7.94. The Labute approximate surface area is 177 Å². The fourth-order valence-corrected chi connectivity index (χ4v) is 3.41. The molecule has 0 unspecified atom stereocenters. The quantitative estimate of drug-likeness (QED) is 0.507. The van der Waals surface area contributed by atoms with E-state index >= 15 is 0 Å². The van der Waals surface area contributed by atoms with E-state index < -0.39 is 22.5 Å². The topological polar surface area (TPSA) is 32.7 Å². The van der Waals surface area contributed by atoms with Gasteiger partial charge in [-0.3, -0.25) is 0 Å². The fourth-order valence-electron chi connectivity index (χ4n) is 3.41. The molecule has 2 rings (SSSR count). The normalized spacial score (nSPS) is 18.1. The number of aliphatic hydroxyl groups is 1. The van der Waals surface area contributed by atoms with Crippen LogP contribution in [-0.2, 0) is 6.42 Å². The smallest absolute Gasteiger partial charge is 0.248 e. The lowest BCUT2D eigenvalue weighted by Gasteiger charge is -2.47. The predicted octanol–water partition coefficient (Wildman–Crippen LogP) is 1.32. The maximum Gasteiger partial charge on any atom is 0.248 e. The molecular weight excluding hydrogens is 373 g/mol. The van der Waals surface area contributed by atoms with Gasteiger partial charge in [-0.1, -0.05) is 11.3 Å². The van der Waals surface area contributed by atoms with Gasteiger partial charge in [0.05, 0.1) is 30.1 Å². The van der Waals surface area contributed by atoms with Crippen LogP contribution in [0, 0.1) is 11.7 Å². The molecule has 0 atom stereocenters. The van der Waals surface area contributed by atoms with Crippen LogP contribution in [0.1, 0.15) is 37.7 Å². The average molecular weight is 394 g/mol. The summed E-state index contributed by atoms with van der Waals surface area (Å²) in [5.41, 5.74) is -1.54. The molecule has 0 spiro atoms. The van der Waals surface area contributed by atoms with E-state index in [1.165, 1.54) is 6.07 Å². The Morgan fingerprint density at radius 1 is 1.14 bits per heavy atom. The number of benzene rings is 1. The van der Waals surface area contributed by atoms with Gasteiger partial charge < -0.3 is 14.7 Å². The lowest BCUT2D eigenvalue weighted by Crippen LogP contribution is -2.63. The molecule has 1 aromatic rings. The van der Waals surface area contributed by atoms with E-state index in [0.717, 1.165) is 10.5 Å². The van der Waals surface area contributed by atoms with Crippen molar-refractivity contribution in [1.29, 1.82) is 0 Å². The summed E-state index contributed by atoms with van der Waals surface area (Å²) in [5, 5.41) is 7.82. The zero-order valence-electron chi connectivity index (χ0n) is 16.3. The Hall–Kier alpha value is -0.945. The highest BCUT2D eigenvalue weighted by atomic mass is 19.3. The Balaban J connectivity index is 1.90. The zero-order valence-corrected chi connectivity index (χ0v) is 16.3. The SMILES string of the molecule is [B]C([B])([B])N(CCCc1ccc(F)c(OCC2CCC(F)(F)CC2)c1)C([B])([B])O. The predicted molar refractivity (Wildman–Crippen MR) is 110 cm³/mol. The van der Waals surface area contributed by atoms with Crippen molar-refractivity contribution < 1.29 is 23.0 Å². The van der Waals surface area contributed by atoms with Gasteiger partial charge in [0.15, 0.2) is 11.6 Å². The molecule has 1 aliphatic carbocycles. The summed E-state index contributed by atoms with van der Waals surface area (Å²) in [4.78, 5) is 0.930. The maximum absolute atomic E-state index is 14.0. The van der Waals surface area contributed by atoms with Gasteiger partial charge in [-0.15, -0.1) is 0 Å². The number of rotatable bonds is 9. The van der Waals surface area contributed by atoms with Gasteiger partial charge in [-0.2, -0.15) is 0 Å². The van der Waals surface area contributed by atoms with E-state index in [9.17, 15) is 18.3 Å². The number of alkyl halides is 2. The van der Waals surface area contributed by atoms with E-state index in [-0.39, 0.29) is 37.7 Å². The van der Waals surface area contributed by atoms with Crippen molar-refractivity contribution in [2.75, 3.05) is 13.2 Å². The van der Waals surface area contributed by atoms with Crippen molar-refractivity contribution in [3.05, 3.63) is 29.6 Å². The molecular formula is C18H21B5F3NO2. The molecule has 10 radical (unpaired) electrons. The highest BCUT2D eigenvalue weighted by Crippen LogP contribution is 2.36. The molecule has 1 saturated carbocycles. The first-order valence-corrected chi connectivity index (χ1v) is 9.51. The molecule has 1 aromatic carbocycles. The van der Waals surface area contributed by atoms with Crippen LogP contribution in [0.2, 0.25) is 0 Å². The second kappa shape index (κ2) is 9.46. The van der Waals surface area contributed by atoms with Crippen molar-refractivity contribution in [3.8, 4) is 5.75 Å². The van der Waals surface area contributed by atoms with E-state index in [1.54, 1.807) is 12.1 Å². The fraction of sp³-hybridized carbons (Fsp3) is 0.667. The summed E-state index contributed by atoms with van der Waals surface area (Å²) in [6.07, 6.45) is 1.23. The third-order valence-corrected chi connectivity index (χ3v) is 5.05. The molecule has 1 N–H and O–H groups in total. The first-order chi connectivity index (χ1) is 13.3. The molecule has 0 bridgehead atoms. The van der Waals surface area contributed by atoms with Crippen molar-refractivity contribution in [3.63, 3.8) is 0 Å². The molecule has 11 heteroatoms. The molecule has 1 aliphatic rings. The largest absolute Gasteiger partial charge is 0.490 e. The minimum atomic E-state index is -2.61. The number of halogens is 3. The van der Waals surface area contributed by atoms with Crippen LogP contribution < -0.4 is 4.74 Å². The highest BCUT2D eigenvalue weighted by Gasteiger charge is 2.35. The molecule has 146 valence electrons. The van der Waals surface area contributed by atoms with Crippen LogP contribution in [0.3, 0.4) is 0 Å². The molecule has 0 amide bonds. The monoisotopic (exact) mass is 395 g/mol. The third-order valence-electron chi connectivity index (χ3n) is 5.05. The van der Waals surface area contributed by atoms with E-state index in [2.05, 4.69) is 0 Å².